The first-order chi connectivity index (χ1) is 9.13. The van der Waals surface area contributed by atoms with Crippen molar-refractivity contribution in [3.05, 3.63) is 52.2 Å². The third-order valence-corrected chi connectivity index (χ3v) is 4.43. The first-order valence-electron chi connectivity index (χ1n) is 6.33. The Hall–Kier alpha value is -1.39. The van der Waals surface area contributed by atoms with Gasteiger partial charge < -0.3 is 5.73 Å². The minimum absolute atomic E-state index is 0.512. The van der Waals surface area contributed by atoms with E-state index >= 15 is 0 Å². The van der Waals surface area contributed by atoms with Crippen LogP contribution in [0.5, 0.6) is 0 Å². The Balaban J connectivity index is 2.21. The fraction of sp³-hybridized carbons (Fsp3) is 0.333. The van der Waals surface area contributed by atoms with Gasteiger partial charge in [0.2, 0.25) is 0 Å². The second-order valence-corrected chi connectivity index (χ2v) is 5.58. The van der Waals surface area contributed by atoms with Gasteiger partial charge in [-0.05, 0) is 37.5 Å². The molecule has 1 aromatic carbocycles. The molecule has 0 aliphatic rings. The monoisotopic (exact) mass is 273 g/mol. The SMILES string of the molecule is Cc1ccccc1CSc1nnc(C)c(C)c1CN. The zero-order valence-electron chi connectivity index (χ0n) is 11.6. The highest BCUT2D eigenvalue weighted by Crippen LogP contribution is 2.27. The molecular weight excluding hydrogens is 254 g/mol. The average Bonchev–Trinajstić information content (AvgIpc) is 2.41. The van der Waals surface area contributed by atoms with E-state index < -0.39 is 0 Å². The lowest BCUT2D eigenvalue weighted by atomic mass is 10.1. The van der Waals surface area contributed by atoms with Crippen LogP contribution in [0.2, 0.25) is 0 Å². The fourth-order valence-electron chi connectivity index (χ4n) is 1.91. The quantitative estimate of drug-likeness (QED) is 0.869. The van der Waals surface area contributed by atoms with Crippen molar-refractivity contribution >= 4 is 11.8 Å². The van der Waals surface area contributed by atoms with Crippen molar-refractivity contribution in [1.82, 2.24) is 10.2 Å². The summed E-state index contributed by atoms with van der Waals surface area (Å²) < 4.78 is 0. The second-order valence-electron chi connectivity index (χ2n) is 4.61. The van der Waals surface area contributed by atoms with E-state index in [2.05, 4.69) is 48.3 Å². The van der Waals surface area contributed by atoms with Gasteiger partial charge >= 0.3 is 0 Å². The molecule has 100 valence electrons. The number of thioether (sulfide) groups is 1. The van der Waals surface area contributed by atoms with Crippen LogP contribution in [0.1, 0.15) is 27.9 Å². The molecule has 0 aliphatic heterocycles. The third-order valence-electron chi connectivity index (χ3n) is 3.37. The molecule has 19 heavy (non-hydrogen) atoms. The number of benzene rings is 1. The normalized spacial score (nSPS) is 10.7. The molecular formula is C15H19N3S. The van der Waals surface area contributed by atoms with Gasteiger partial charge in [0.15, 0.2) is 0 Å². The third kappa shape index (κ3) is 3.14. The topological polar surface area (TPSA) is 51.8 Å². The van der Waals surface area contributed by atoms with Crippen LogP contribution in [0, 0.1) is 20.8 Å². The van der Waals surface area contributed by atoms with E-state index in [0.29, 0.717) is 6.54 Å². The Labute approximate surface area is 118 Å². The molecule has 2 N–H and O–H groups in total. The van der Waals surface area contributed by atoms with Crippen LogP contribution in [-0.4, -0.2) is 10.2 Å². The molecule has 4 heteroatoms. The summed E-state index contributed by atoms with van der Waals surface area (Å²) in [6, 6.07) is 8.41. The molecule has 3 nitrogen and oxygen atoms in total. The Morgan fingerprint density at radius 1 is 1.11 bits per heavy atom. The fourth-order valence-corrected chi connectivity index (χ4v) is 3.03. The van der Waals surface area contributed by atoms with Crippen LogP contribution >= 0.6 is 11.8 Å². The first-order valence-corrected chi connectivity index (χ1v) is 7.32. The summed E-state index contributed by atoms with van der Waals surface area (Å²) in [7, 11) is 0. The predicted molar refractivity (Wildman–Crippen MR) is 80.1 cm³/mol. The van der Waals surface area contributed by atoms with Gasteiger partial charge in [-0.15, -0.1) is 5.10 Å². The van der Waals surface area contributed by atoms with Crippen LogP contribution in [0.25, 0.3) is 0 Å². The van der Waals surface area contributed by atoms with E-state index in [9.17, 15) is 0 Å². The van der Waals surface area contributed by atoms with Crippen LogP contribution in [-0.2, 0) is 12.3 Å². The summed E-state index contributed by atoms with van der Waals surface area (Å²) in [5.74, 6) is 0.900. The number of hydrogen-bond donors (Lipinski definition) is 1. The van der Waals surface area contributed by atoms with Crippen molar-refractivity contribution in [1.29, 1.82) is 0 Å². The van der Waals surface area contributed by atoms with Gasteiger partial charge in [-0.3, -0.25) is 0 Å². The number of aryl methyl sites for hydroxylation is 2. The highest BCUT2D eigenvalue weighted by molar-refractivity contribution is 7.98. The van der Waals surface area contributed by atoms with Crippen LogP contribution < -0.4 is 5.73 Å². The maximum atomic E-state index is 5.84. The van der Waals surface area contributed by atoms with Gasteiger partial charge in [-0.25, -0.2) is 0 Å². The lowest BCUT2D eigenvalue weighted by Crippen LogP contribution is -2.07. The van der Waals surface area contributed by atoms with Crippen LogP contribution in [0.15, 0.2) is 29.3 Å². The van der Waals surface area contributed by atoms with Gasteiger partial charge in [-0.2, -0.15) is 5.10 Å². The number of nitrogens with zero attached hydrogens (tertiary/aromatic N) is 2. The lowest BCUT2D eigenvalue weighted by molar-refractivity contribution is 0.824. The van der Waals surface area contributed by atoms with Crippen molar-refractivity contribution in [3.63, 3.8) is 0 Å². The van der Waals surface area contributed by atoms with Crippen LogP contribution in [0.4, 0.5) is 0 Å². The van der Waals surface area contributed by atoms with Crippen molar-refractivity contribution < 1.29 is 0 Å². The Kier molecular flexibility index (Phi) is 4.56. The summed E-state index contributed by atoms with van der Waals surface area (Å²) in [4.78, 5) is 0. The van der Waals surface area contributed by atoms with Crippen molar-refractivity contribution in [2.24, 2.45) is 5.73 Å². The number of aromatic nitrogens is 2. The largest absolute Gasteiger partial charge is 0.326 e. The number of rotatable bonds is 4. The highest BCUT2D eigenvalue weighted by atomic mass is 32.2. The van der Waals surface area contributed by atoms with Gasteiger partial charge in [0.25, 0.3) is 0 Å². The number of nitrogens with two attached hydrogens (primary N) is 1. The molecule has 0 atom stereocenters. The van der Waals surface area contributed by atoms with Crippen LogP contribution in [0.3, 0.4) is 0 Å². The van der Waals surface area contributed by atoms with E-state index in [0.717, 1.165) is 27.6 Å². The summed E-state index contributed by atoms with van der Waals surface area (Å²) in [6.45, 7) is 6.67. The van der Waals surface area contributed by atoms with Gasteiger partial charge in [0.05, 0.1) is 5.69 Å². The first kappa shape index (κ1) is 14.0. The molecule has 1 heterocycles. The minimum Gasteiger partial charge on any atom is -0.326 e. The summed E-state index contributed by atoms with van der Waals surface area (Å²) >= 11 is 1.71. The summed E-state index contributed by atoms with van der Waals surface area (Å²) in [5.41, 5.74) is 11.7. The zero-order valence-corrected chi connectivity index (χ0v) is 12.4. The lowest BCUT2D eigenvalue weighted by Gasteiger charge is -2.11. The standard InChI is InChI=1S/C15H19N3S/c1-10-6-4-5-7-13(10)9-19-15-14(8-16)11(2)12(3)17-18-15/h4-7H,8-9,16H2,1-3H3. The molecule has 0 amide bonds. The molecule has 0 bridgehead atoms. The Morgan fingerprint density at radius 3 is 2.53 bits per heavy atom. The molecule has 0 saturated carbocycles. The van der Waals surface area contributed by atoms with Crippen molar-refractivity contribution in [3.8, 4) is 0 Å². The molecule has 2 rings (SSSR count). The predicted octanol–water partition coefficient (Wildman–Crippen LogP) is 3.15. The molecule has 1 aromatic heterocycles. The van der Waals surface area contributed by atoms with E-state index in [1.165, 1.54) is 11.1 Å². The van der Waals surface area contributed by atoms with Crippen molar-refractivity contribution in [2.75, 3.05) is 0 Å². The van der Waals surface area contributed by atoms with E-state index in [1.807, 2.05) is 6.92 Å². The molecule has 0 aliphatic carbocycles. The molecule has 0 unspecified atom stereocenters. The molecule has 2 aromatic rings. The smallest absolute Gasteiger partial charge is 0.124 e. The Bertz CT molecular complexity index is 582. The molecule has 0 saturated heterocycles. The summed E-state index contributed by atoms with van der Waals surface area (Å²) in [5, 5.41) is 9.44. The van der Waals surface area contributed by atoms with E-state index in [4.69, 9.17) is 5.73 Å². The molecule has 0 spiro atoms. The molecule has 0 fully saturated rings. The summed E-state index contributed by atoms with van der Waals surface area (Å²) in [6.07, 6.45) is 0. The van der Waals surface area contributed by atoms with Gasteiger partial charge in [-0.1, -0.05) is 36.0 Å². The van der Waals surface area contributed by atoms with Gasteiger partial charge in [0, 0.05) is 17.9 Å². The minimum atomic E-state index is 0.512. The second kappa shape index (κ2) is 6.17. The Morgan fingerprint density at radius 2 is 1.84 bits per heavy atom. The van der Waals surface area contributed by atoms with Crippen molar-refractivity contribution in [2.45, 2.75) is 38.1 Å². The average molecular weight is 273 g/mol. The molecule has 0 radical (unpaired) electrons. The van der Waals surface area contributed by atoms with E-state index in [1.54, 1.807) is 11.8 Å². The maximum Gasteiger partial charge on any atom is 0.124 e. The number of hydrogen-bond acceptors (Lipinski definition) is 4. The highest BCUT2D eigenvalue weighted by Gasteiger charge is 2.10. The zero-order chi connectivity index (χ0) is 13.8. The van der Waals surface area contributed by atoms with Gasteiger partial charge in [0.1, 0.15) is 5.03 Å². The maximum absolute atomic E-state index is 5.84. The van der Waals surface area contributed by atoms with E-state index in [-0.39, 0.29) is 0 Å².